The molecule has 4 aromatic rings. The lowest BCUT2D eigenvalue weighted by Gasteiger charge is -2.16. The number of hydrogen-bond acceptors (Lipinski definition) is 6. The smallest absolute Gasteiger partial charge is 0.407 e. The number of rotatable bonds is 6. The number of benzene rings is 3. The maximum Gasteiger partial charge on any atom is 0.407 e. The minimum Gasteiger partial charge on any atom is -0.449 e. The molecule has 1 unspecified atom stereocenters. The summed E-state index contributed by atoms with van der Waals surface area (Å²) in [6, 6.07) is 24.7. The quantitative estimate of drug-likeness (QED) is 0.476. The Balaban J connectivity index is 1.26. The number of ether oxygens (including phenoxy) is 1. The van der Waals surface area contributed by atoms with Gasteiger partial charge < -0.3 is 19.7 Å². The highest BCUT2D eigenvalue weighted by Gasteiger charge is 2.29. The standard InChI is InChI=1S/C25H21N3O4/c29-14-22(24-27-23(28-32-24)16-8-2-1-3-9-16)26-25(30)31-15-21-19-12-6-4-10-17(19)18-11-5-7-13-20(18)21/h1-13,21-22,29H,14-15H2,(H,26,30). The predicted molar refractivity (Wildman–Crippen MR) is 118 cm³/mol. The van der Waals surface area contributed by atoms with E-state index in [9.17, 15) is 9.90 Å². The summed E-state index contributed by atoms with van der Waals surface area (Å²) in [5.41, 5.74) is 5.35. The Hall–Kier alpha value is -3.97. The van der Waals surface area contributed by atoms with Gasteiger partial charge in [-0.1, -0.05) is 84.0 Å². The molecule has 160 valence electrons. The first kappa shape index (κ1) is 20.0. The van der Waals surface area contributed by atoms with E-state index >= 15 is 0 Å². The molecule has 1 aromatic heterocycles. The van der Waals surface area contributed by atoms with Crippen LogP contribution in [0, 0.1) is 0 Å². The van der Waals surface area contributed by atoms with Crippen molar-refractivity contribution < 1.29 is 19.2 Å². The fourth-order valence-corrected chi connectivity index (χ4v) is 4.05. The molecule has 1 aliphatic carbocycles. The van der Waals surface area contributed by atoms with Gasteiger partial charge in [0.15, 0.2) is 0 Å². The molecule has 1 aliphatic rings. The van der Waals surface area contributed by atoms with Crippen molar-refractivity contribution in [2.75, 3.05) is 13.2 Å². The third kappa shape index (κ3) is 3.74. The van der Waals surface area contributed by atoms with E-state index in [4.69, 9.17) is 9.26 Å². The molecule has 3 aromatic carbocycles. The van der Waals surface area contributed by atoms with Crippen molar-refractivity contribution in [3.05, 3.63) is 95.9 Å². The Morgan fingerprint density at radius 2 is 1.59 bits per heavy atom. The minimum atomic E-state index is -0.865. The second-order valence-electron chi connectivity index (χ2n) is 7.53. The average Bonchev–Trinajstić information content (AvgIpc) is 3.45. The van der Waals surface area contributed by atoms with Gasteiger partial charge >= 0.3 is 6.09 Å². The van der Waals surface area contributed by atoms with Crippen molar-refractivity contribution in [2.45, 2.75) is 12.0 Å². The number of aromatic nitrogens is 2. The molecule has 2 N–H and O–H groups in total. The van der Waals surface area contributed by atoms with Crippen LogP contribution in [0.5, 0.6) is 0 Å². The number of aliphatic hydroxyl groups is 1. The number of amides is 1. The van der Waals surface area contributed by atoms with Crippen LogP contribution in [-0.2, 0) is 4.74 Å². The lowest BCUT2D eigenvalue weighted by Crippen LogP contribution is -2.32. The summed E-state index contributed by atoms with van der Waals surface area (Å²) in [6.45, 7) is -0.224. The first-order valence-electron chi connectivity index (χ1n) is 10.4. The molecular formula is C25H21N3O4. The van der Waals surface area contributed by atoms with Crippen LogP contribution in [0.15, 0.2) is 83.4 Å². The number of carbonyl (C=O) groups is 1. The summed E-state index contributed by atoms with van der Waals surface area (Å²) >= 11 is 0. The van der Waals surface area contributed by atoms with Crippen molar-refractivity contribution in [3.8, 4) is 22.5 Å². The zero-order valence-electron chi connectivity index (χ0n) is 17.1. The molecule has 0 aliphatic heterocycles. The highest BCUT2D eigenvalue weighted by Crippen LogP contribution is 2.44. The van der Waals surface area contributed by atoms with Crippen LogP contribution in [-0.4, -0.2) is 34.6 Å². The molecule has 5 rings (SSSR count). The summed E-state index contributed by atoms with van der Waals surface area (Å²) in [6.07, 6.45) is -0.662. The summed E-state index contributed by atoms with van der Waals surface area (Å²) in [5.74, 6) is 0.446. The summed E-state index contributed by atoms with van der Waals surface area (Å²) < 4.78 is 10.8. The molecule has 7 nitrogen and oxygen atoms in total. The molecule has 1 atom stereocenters. The Labute approximate surface area is 184 Å². The van der Waals surface area contributed by atoms with E-state index in [1.54, 1.807) is 0 Å². The zero-order valence-corrected chi connectivity index (χ0v) is 17.1. The molecule has 0 saturated heterocycles. The molecule has 0 fully saturated rings. The van der Waals surface area contributed by atoms with E-state index in [1.165, 1.54) is 0 Å². The molecule has 0 saturated carbocycles. The van der Waals surface area contributed by atoms with Gasteiger partial charge in [0.05, 0.1) is 6.61 Å². The van der Waals surface area contributed by atoms with Gasteiger partial charge in [-0.25, -0.2) is 4.79 Å². The van der Waals surface area contributed by atoms with Crippen molar-refractivity contribution in [1.29, 1.82) is 0 Å². The van der Waals surface area contributed by atoms with Gasteiger partial charge in [0.2, 0.25) is 5.82 Å². The van der Waals surface area contributed by atoms with Crippen molar-refractivity contribution >= 4 is 6.09 Å². The number of aliphatic hydroxyl groups excluding tert-OH is 1. The third-order valence-corrected chi connectivity index (χ3v) is 5.59. The Morgan fingerprint density at radius 3 is 2.25 bits per heavy atom. The Bertz CT molecular complexity index is 1190. The van der Waals surface area contributed by atoms with Gasteiger partial charge in [0, 0.05) is 11.5 Å². The van der Waals surface area contributed by atoms with Gasteiger partial charge in [0.25, 0.3) is 5.89 Å². The Kier molecular flexibility index (Phi) is 5.39. The first-order valence-corrected chi connectivity index (χ1v) is 10.4. The second kappa shape index (κ2) is 8.64. The van der Waals surface area contributed by atoms with E-state index in [1.807, 2.05) is 54.6 Å². The number of fused-ring (bicyclic) bond motifs is 3. The van der Waals surface area contributed by atoms with Gasteiger partial charge in [-0.2, -0.15) is 4.98 Å². The van der Waals surface area contributed by atoms with Gasteiger partial charge in [-0.05, 0) is 22.3 Å². The van der Waals surface area contributed by atoms with Gasteiger partial charge in [0.1, 0.15) is 12.6 Å². The van der Waals surface area contributed by atoms with Gasteiger partial charge in [-0.15, -0.1) is 0 Å². The van der Waals surface area contributed by atoms with Crippen LogP contribution in [0.3, 0.4) is 0 Å². The number of alkyl carbamates (subject to hydrolysis) is 1. The summed E-state index contributed by atoms with van der Waals surface area (Å²) in [4.78, 5) is 16.8. The minimum absolute atomic E-state index is 0.0474. The van der Waals surface area contributed by atoms with Crippen LogP contribution < -0.4 is 5.32 Å². The molecule has 32 heavy (non-hydrogen) atoms. The predicted octanol–water partition coefficient (Wildman–Crippen LogP) is 4.31. The van der Waals surface area contributed by atoms with E-state index in [2.05, 4.69) is 39.7 Å². The summed E-state index contributed by atoms with van der Waals surface area (Å²) in [7, 11) is 0. The number of nitrogens with zero attached hydrogens (tertiary/aromatic N) is 2. The fourth-order valence-electron chi connectivity index (χ4n) is 4.05. The summed E-state index contributed by atoms with van der Waals surface area (Å²) in [5, 5.41) is 16.3. The highest BCUT2D eigenvalue weighted by molar-refractivity contribution is 5.79. The van der Waals surface area contributed by atoms with Crippen LogP contribution in [0.25, 0.3) is 22.5 Å². The van der Waals surface area contributed by atoms with E-state index in [-0.39, 0.29) is 18.4 Å². The number of nitrogens with one attached hydrogen (secondary N) is 1. The van der Waals surface area contributed by atoms with Gasteiger partial charge in [-0.3, -0.25) is 0 Å². The second-order valence-corrected chi connectivity index (χ2v) is 7.53. The average molecular weight is 427 g/mol. The topological polar surface area (TPSA) is 97.5 Å². The van der Waals surface area contributed by atoms with Crippen LogP contribution in [0.2, 0.25) is 0 Å². The maximum absolute atomic E-state index is 12.5. The monoisotopic (exact) mass is 427 g/mol. The SMILES string of the molecule is O=C(NC(CO)c1nc(-c2ccccc2)no1)OCC1c2ccccc2-c2ccccc21. The van der Waals surface area contributed by atoms with Crippen LogP contribution in [0.4, 0.5) is 4.79 Å². The largest absolute Gasteiger partial charge is 0.449 e. The number of hydrogen-bond donors (Lipinski definition) is 2. The molecule has 1 heterocycles. The molecule has 7 heteroatoms. The Morgan fingerprint density at radius 1 is 0.969 bits per heavy atom. The van der Waals surface area contributed by atoms with Crippen molar-refractivity contribution in [2.24, 2.45) is 0 Å². The molecular weight excluding hydrogens is 406 g/mol. The molecule has 0 bridgehead atoms. The van der Waals surface area contributed by atoms with Crippen LogP contribution >= 0.6 is 0 Å². The fraction of sp³-hybridized carbons (Fsp3) is 0.160. The molecule has 0 radical (unpaired) electrons. The first-order chi connectivity index (χ1) is 15.7. The van der Waals surface area contributed by atoms with Crippen LogP contribution in [0.1, 0.15) is 29.0 Å². The van der Waals surface area contributed by atoms with E-state index in [0.29, 0.717) is 5.82 Å². The zero-order chi connectivity index (χ0) is 21.9. The lowest BCUT2D eigenvalue weighted by atomic mass is 9.98. The molecule has 0 spiro atoms. The normalized spacial score (nSPS) is 13.3. The lowest BCUT2D eigenvalue weighted by molar-refractivity contribution is 0.127. The third-order valence-electron chi connectivity index (χ3n) is 5.59. The maximum atomic E-state index is 12.5. The number of carbonyl (C=O) groups excluding carboxylic acids is 1. The highest BCUT2D eigenvalue weighted by atomic mass is 16.5. The van der Waals surface area contributed by atoms with E-state index < -0.39 is 18.7 Å². The van der Waals surface area contributed by atoms with E-state index in [0.717, 1.165) is 27.8 Å². The van der Waals surface area contributed by atoms with Crippen molar-refractivity contribution in [3.63, 3.8) is 0 Å². The molecule has 1 amide bonds. The van der Waals surface area contributed by atoms with Crippen molar-refractivity contribution in [1.82, 2.24) is 15.5 Å².